The molecule has 4 fully saturated rings. The van der Waals surface area contributed by atoms with Crippen molar-refractivity contribution in [3.63, 3.8) is 0 Å². The van der Waals surface area contributed by atoms with Gasteiger partial charge in [-0.3, -0.25) is 4.79 Å². The lowest BCUT2D eigenvalue weighted by Crippen LogP contribution is -2.53. The molecule has 0 amide bonds. The summed E-state index contributed by atoms with van der Waals surface area (Å²) in [5.74, 6) is 3.79. The van der Waals surface area contributed by atoms with Crippen LogP contribution in [0.2, 0.25) is 0 Å². The van der Waals surface area contributed by atoms with Gasteiger partial charge in [-0.25, -0.2) is 0 Å². The number of carbonyl (C=O) groups is 1. The molecule has 0 aromatic rings. The second-order valence-electron chi connectivity index (χ2n) is 8.95. The molecule has 4 aliphatic carbocycles. The van der Waals surface area contributed by atoms with Crippen molar-refractivity contribution < 1.29 is 4.79 Å². The standard InChI is InChI=1S/C19H29ClO/c1-18-9-7-13(20)11-12(18)3-4-14-15-5-6-17(21)19(15,2)10-8-16(14)18/h12-16H,3-11H2,1-2H3/t12-,13+,14+,15-,16-,18-,19+/m1/s1. The quantitative estimate of drug-likeness (QED) is 0.562. The summed E-state index contributed by atoms with van der Waals surface area (Å²) in [6.45, 7) is 4.85. The predicted molar refractivity (Wildman–Crippen MR) is 86.4 cm³/mol. The number of Topliss-reactive ketones (excluding diaryl/α,β-unsaturated/α-hetero) is 1. The third-order valence-corrected chi connectivity index (χ3v) is 8.71. The van der Waals surface area contributed by atoms with Crippen LogP contribution in [0.4, 0.5) is 0 Å². The highest BCUT2D eigenvalue weighted by Gasteiger charge is 2.60. The third kappa shape index (κ3) is 1.92. The summed E-state index contributed by atoms with van der Waals surface area (Å²) in [7, 11) is 0. The van der Waals surface area contributed by atoms with Gasteiger partial charge in [-0.05, 0) is 80.5 Å². The first-order chi connectivity index (χ1) is 9.95. The molecule has 0 saturated heterocycles. The molecule has 0 N–H and O–H groups in total. The normalized spacial score (nSPS) is 56.5. The van der Waals surface area contributed by atoms with Crippen molar-refractivity contribution in [3.05, 3.63) is 0 Å². The predicted octanol–water partition coefficient (Wildman–Crippen LogP) is 5.21. The maximum Gasteiger partial charge on any atom is 0.139 e. The van der Waals surface area contributed by atoms with Crippen molar-refractivity contribution in [1.29, 1.82) is 0 Å². The Hall–Kier alpha value is -0.0400. The summed E-state index contributed by atoms with van der Waals surface area (Å²) >= 11 is 6.46. The first-order valence-electron chi connectivity index (χ1n) is 9.12. The number of carbonyl (C=O) groups excluding carboxylic acids is 1. The van der Waals surface area contributed by atoms with Gasteiger partial charge in [0.1, 0.15) is 5.78 Å². The molecule has 2 heteroatoms. The summed E-state index contributed by atoms with van der Waals surface area (Å²) in [4.78, 5) is 12.4. The summed E-state index contributed by atoms with van der Waals surface area (Å²) in [6.07, 6.45) is 11.0. The Morgan fingerprint density at radius 2 is 1.81 bits per heavy atom. The molecule has 4 saturated carbocycles. The maximum absolute atomic E-state index is 12.4. The van der Waals surface area contributed by atoms with Gasteiger partial charge in [0.15, 0.2) is 0 Å². The Morgan fingerprint density at radius 3 is 2.62 bits per heavy atom. The number of fused-ring (bicyclic) bond motifs is 5. The zero-order valence-electron chi connectivity index (χ0n) is 13.5. The summed E-state index contributed by atoms with van der Waals surface area (Å²) in [5, 5.41) is 0.418. The molecule has 1 nitrogen and oxygen atoms in total. The number of hydrogen-bond donors (Lipinski definition) is 0. The zero-order valence-corrected chi connectivity index (χ0v) is 14.3. The molecule has 4 aliphatic rings. The van der Waals surface area contributed by atoms with E-state index in [4.69, 9.17) is 11.6 Å². The topological polar surface area (TPSA) is 17.1 Å². The lowest BCUT2D eigenvalue weighted by atomic mass is 9.45. The van der Waals surface area contributed by atoms with Crippen LogP contribution in [0.3, 0.4) is 0 Å². The van der Waals surface area contributed by atoms with Crippen LogP contribution in [0.1, 0.15) is 71.6 Å². The van der Waals surface area contributed by atoms with Crippen molar-refractivity contribution >= 4 is 17.4 Å². The largest absolute Gasteiger partial charge is 0.299 e. The van der Waals surface area contributed by atoms with E-state index in [-0.39, 0.29) is 5.41 Å². The smallest absolute Gasteiger partial charge is 0.139 e. The van der Waals surface area contributed by atoms with Gasteiger partial charge in [-0.1, -0.05) is 13.8 Å². The molecule has 118 valence electrons. The molecule has 7 atom stereocenters. The van der Waals surface area contributed by atoms with Gasteiger partial charge in [0.25, 0.3) is 0 Å². The summed E-state index contributed by atoms with van der Waals surface area (Å²) < 4.78 is 0. The van der Waals surface area contributed by atoms with Crippen LogP contribution in [-0.2, 0) is 4.79 Å². The molecular weight excluding hydrogens is 280 g/mol. The Morgan fingerprint density at radius 1 is 1.00 bits per heavy atom. The van der Waals surface area contributed by atoms with Gasteiger partial charge in [0, 0.05) is 17.2 Å². The first kappa shape index (κ1) is 14.5. The second kappa shape index (κ2) is 4.73. The third-order valence-electron chi connectivity index (χ3n) is 8.31. The van der Waals surface area contributed by atoms with Crippen molar-refractivity contribution in [3.8, 4) is 0 Å². The molecule has 0 bridgehead atoms. The maximum atomic E-state index is 12.4. The Balaban J connectivity index is 1.64. The van der Waals surface area contributed by atoms with Crippen LogP contribution >= 0.6 is 11.6 Å². The lowest BCUT2D eigenvalue weighted by molar-refractivity contribution is -0.138. The Kier molecular flexibility index (Phi) is 3.27. The fourth-order valence-corrected chi connectivity index (χ4v) is 7.30. The van der Waals surface area contributed by atoms with E-state index >= 15 is 0 Å². The molecule has 0 aliphatic heterocycles. The van der Waals surface area contributed by atoms with Gasteiger partial charge >= 0.3 is 0 Å². The minimum atomic E-state index is 0.0358. The van der Waals surface area contributed by atoms with Crippen LogP contribution in [0, 0.1) is 34.5 Å². The number of hydrogen-bond acceptors (Lipinski definition) is 1. The summed E-state index contributed by atoms with van der Waals surface area (Å²) in [6, 6.07) is 0. The average Bonchev–Trinajstić information content (AvgIpc) is 2.76. The van der Waals surface area contributed by atoms with Gasteiger partial charge in [0.2, 0.25) is 0 Å². The molecular formula is C19H29ClO. The first-order valence-corrected chi connectivity index (χ1v) is 9.56. The van der Waals surface area contributed by atoms with Gasteiger partial charge in [0.05, 0.1) is 0 Å². The highest BCUT2D eigenvalue weighted by atomic mass is 35.5. The monoisotopic (exact) mass is 308 g/mol. The second-order valence-corrected chi connectivity index (χ2v) is 9.56. The van der Waals surface area contributed by atoms with Crippen molar-refractivity contribution in [2.75, 3.05) is 0 Å². The molecule has 0 aromatic heterocycles. The molecule has 0 unspecified atom stereocenters. The van der Waals surface area contributed by atoms with E-state index in [1.54, 1.807) is 0 Å². The summed E-state index contributed by atoms with van der Waals surface area (Å²) in [5.41, 5.74) is 0.551. The van der Waals surface area contributed by atoms with Crippen molar-refractivity contribution in [2.24, 2.45) is 34.5 Å². The molecule has 0 spiro atoms. The Labute approximate surface area is 134 Å². The van der Waals surface area contributed by atoms with Crippen LogP contribution in [0.15, 0.2) is 0 Å². The minimum Gasteiger partial charge on any atom is -0.299 e. The number of halogens is 1. The van der Waals surface area contributed by atoms with E-state index < -0.39 is 0 Å². The fourth-order valence-electron chi connectivity index (χ4n) is 6.98. The number of rotatable bonds is 0. The van der Waals surface area contributed by atoms with E-state index in [1.165, 1.54) is 44.9 Å². The number of alkyl halides is 1. The fraction of sp³-hybridized carbons (Fsp3) is 0.947. The van der Waals surface area contributed by atoms with Crippen molar-refractivity contribution in [1.82, 2.24) is 0 Å². The highest BCUT2D eigenvalue weighted by Crippen LogP contribution is 2.65. The van der Waals surface area contributed by atoms with Gasteiger partial charge in [-0.15, -0.1) is 11.6 Å². The van der Waals surface area contributed by atoms with Gasteiger partial charge in [-0.2, -0.15) is 0 Å². The van der Waals surface area contributed by atoms with Crippen LogP contribution in [0.25, 0.3) is 0 Å². The zero-order chi connectivity index (χ0) is 14.8. The minimum absolute atomic E-state index is 0.0358. The molecule has 4 rings (SSSR count). The van der Waals surface area contributed by atoms with Crippen LogP contribution in [0.5, 0.6) is 0 Å². The lowest BCUT2D eigenvalue weighted by Gasteiger charge is -2.60. The van der Waals surface area contributed by atoms with Gasteiger partial charge < -0.3 is 0 Å². The molecule has 0 radical (unpaired) electrons. The van der Waals surface area contributed by atoms with E-state index in [1.807, 2.05) is 0 Å². The number of ketones is 1. The van der Waals surface area contributed by atoms with Crippen molar-refractivity contribution in [2.45, 2.75) is 77.0 Å². The van der Waals surface area contributed by atoms with E-state index in [2.05, 4.69) is 13.8 Å². The molecule has 0 heterocycles. The SMILES string of the molecule is C[C@@]12CC[C@H](Cl)C[C@H]1CC[C@@H]1[C@H]2CC[C@]2(C)C(=O)CC[C@H]12. The highest BCUT2D eigenvalue weighted by molar-refractivity contribution is 6.20. The molecule has 0 aromatic carbocycles. The van der Waals surface area contributed by atoms with E-state index in [9.17, 15) is 4.79 Å². The average molecular weight is 309 g/mol. The van der Waals surface area contributed by atoms with E-state index in [0.717, 1.165) is 30.6 Å². The van der Waals surface area contributed by atoms with Crippen LogP contribution < -0.4 is 0 Å². The van der Waals surface area contributed by atoms with E-state index in [0.29, 0.717) is 22.5 Å². The Bertz CT molecular complexity index is 460. The molecule has 21 heavy (non-hydrogen) atoms. The van der Waals surface area contributed by atoms with Crippen LogP contribution in [-0.4, -0.2) is 11.2 Å².